The molecule has 2 N–H and O–H groups in total. The second kappa shape index (κ2) is 7.82. The molecular formula is C20H21N3O3. The van der Waals surface area contributed by atoms with Gasteiger partial charge in [-0.15, -0.1) is 0 Å². The van der Waals surface area contributed by atoms with Gasteiger partial charge in [-0.1, -0.05) is 36.4 Å². The van der Waals surface area contributed by atoms with E-state index in [1.54, 1.807) is 10.9 Å². The van der Waals surface area contributed by atoms with Crippen LogP contribution in [0.15, 0.2) is 54.9 Å². The van der Waals surface area contributed by atoms with Gasteiger partial charge in [-0.2, -0.15) is 5.10 Å². The van der Waals surface area contributed by atoms with E-state index in [0.717, 1.165) is 21.9 Å². The average molecular weight is 351 g/mol. The number of benzene rings is 2. The standard InChI is InChI=1S/C20H21N3O3/c1-23-13-14(12-21-23)6-9-19(24)22-18(11-20(25)26)17-8-7-15-4-2-3-5-16(15)10-17/h2-5,7-8,10,12-13,18H,6,9,11H2,1H3,(H,22,24)(H,25,26)/t18-/m0/s1. The van der Waals surface area contributed by atoms with Crippen molar-refractivity contribution in [3.63, 3.8) is 0 Å². The molecule has 0 aliphatic rings. The molecule has 0 unspecified atom stereocenters. The Bertz CT molecular complexity index is 933. The highest BCUT2D eigenvalue weighted by Gasteiger charge is 2.18. The Morgan fingerprint density at radius 1 is 1.19 bits per heavy atom. The van der Waals surface area contributed by atoms with E-state index in [1.807, 2.05) is 55.7 Å². The van der Waals surface area contributed by atoms with Gasteiger partial charge >= 0.3 is 5.97 Å². The number of carbonyl (C=O) groups is 2. The fourth-order valence-corrected chi connectivity index (χ4v) is 2.98. The Morgan fingerprint density at radius 2 is 1.96 bits per heavy atom. The van der Waals surface area contributed by atoms with Gasteiger partial charge in [0.15, 0.2) is 0 Å². The van der Waals surface area contributed by atoms with E-state index in [-0.39, 0.29) is 18.7 Å². The first-order valence-electron chi connectivity index (χ1n) is 8.48. The maximum atomic E-state index is 12.3. The molecule has 1 amide bonds. The van der Waals surface area contributed by atoms with Crippen molar-refractivity contribution < 1.29 is 14.7 Å². The molecule has 0 saturated heterocycles. The number of hydrogen-bond acceptors (Lipinski definition) is 3. The van der Waals surface area contributed by atoms with E-state index in [9.17, 15) is 14.7 Å². The number of aryl methyl sites for hydroxylation is 2. The second-order valence-corrected chi connectivity index (χ2v) is 6.35. The Hall–Kier alpha value is -3.15. The van der Waals surface area contributed by atoms with Crippen molar-refractivity contribution in [2.45, 2.75) is 25.3 Å². The lowest BCUT2D eigenvalue weighted by atomic mass is 9.99. The van der Waals surface area contributed by atoms with Gasteiger partial charge in [-0.25, -0.2) is 0 Å². The summed E-state index contributed by atoms with van der Waals surface area (Å²) in [5.41, 5.74) is 1.77. The number of carbonyl (C=O) groups excluding carboxylic acids is 1. The van der Waals surface area contributed by atoms with Crippen molar-refractivity contribution in [1.29, 1.82) is 0 Å². The molecular weight excluding hydrogens is 330 g/mol. The van der Waals surface area contributed by atoms with Gasteiger partial charge in [0.1, 0.15) is 0 Å². The Morgan fingerprint density at radius 3 is 2.65 bits per heavy atom. The maximum absolute atomic E-state index is 12.3. The third-order valence-corrected chi connectivity index (χ3v) is 4.29. The summed E-state index contributed by atoms with van der Waals surface area (Å²) in [7, 11) is 1.83. The molecule has 6 nitrogen and oxygen atoms in total. The molecule has 0 bridgehead atoms. The summed E-state index contributed by atoms with van der Waals surface area (Å²) in [5.74, 6) is -1.12. The molecule has 1 aromatic heterocycles. The molecule has 2 aromatic carbocycles. The molecule has 1 heterocycles. The van der Waals surface area contributed by atoms with Crippen LogP contribution in [0.2, 0.25) is 0 Å². The molecule has 0 spiro atoms. The third-order valence-electron chi connectivity index (χ3n) is 4.29. The number of hydrogen-bond donors (Lipinski definition) is 2. The molecule has 26 heavy (non-hydrogen) atoms. The van der Waals surface area contributed by atoms with Crippen LogP contribution in [0, 0.1) is 0 Å². The lowest BCUT2D eigenvalue weighted by Crippen LogP contribution is -2.30. The zero-order chi connectivity index (χ0) is 18.5. The molecule has 0 saturated carbocycles. The van der Waals surface area contributed by atoms with Gasteiger partial charge in [0.05, 0.1) is 18.7 Å². The number of aliphatic carboxylic acids is 1. The van der Waals surface area contributed by atoms with Crippen molar-refractivity contribution in [2.75, 3.05) is 0 Å². The van der Waals surface area contributed by atoms with Crippen molar-refractivity contribution >= 4 is 22.6 Å². The van der Waals surface area contributed by atoms with E-state index in [1.165, 1.54) is 0 Å². The number of aromatic nitrogens is 2. The number of nitrogens with zero attached hydrogens (tertiary/aromatic N) is 2. The van der Waals surface area contributed by atoms with Crippen molar-refractivity contribution in [1.82, 2.24) is 15.1 Å². The summed E-state index contributed by atoms with van der Waals surface area (Å²) < 4.78 is 1.69. The number of amides is 1. The minimum absolute atomic E-state index is 0.156. The van der Waals surface area contributed by atoms with E-state index in [2.05, 4.69) is 10.4 Å². The second-order valence-electron chi connectivity index (χ2n) is 6.35. The summed E-state index contributed by atoms with van der Waals surface area (Å²) in [6.07, 6.45) is 4.29. The molecule has 0 aliphatic carbocycles. The van der Waals surface area contributed by atoms with Gasteiger partial charge in [0, 0.05) is 19.7 Å². The molecule has 3 rings (SSSR count). The van der Waals surface area contributed by atoms with Gasteiger partial charge < -0.3 is 10.4 Å². The lowest BCUT2D eigenvalue weighted by molar-refractivity contribution is -0.137. The number of carboxylic acid groups (broad SMARTS) is 1. The first-order chi connectivity index (χ1) is 12.5. The Balaban J connectivity index is 1.72. The van der Waals surface area contributed by atoms with Gasteiger partial charge in [0.2, 0.25) is 5.91 Å². The van der Waals surface area contributed by atoms with Crippen LogP contribution in [-0.4, -0.2) is 26.8 Å². The summed E-state index contributed by atoms with van der Waals surface area (Å²) in [5, 5.41) is 18.3. The van der Waals surface area contributed by atoms with E-state index < -0.39 is 12.0 Å². The molecule has 0 radical (unpaired) electrons. The number of carboxylic acids is 1. The van der Waals surface area contributed by atoms with Crippen LogP contribution in [0.5, 0.6) is 0 Å². The summed E-state index contributed by atoms with van der Waals surface area (Å²) >= 11 is 0. The van der Waals surface area contributed by atoms with Gasteiger partial charge in [0.25, 0.3) is 0 Å². The van der Waals surface area contributed by atoms with Crippen molar-refractivity contribution in [3.8, 4) is 0 Å². The van der Waals surface area contributed by atoms with Crippen LogP contribution in [0.1, 0.15) is 30.0 Å². The highest BCUT2D eigenvalue weighted by Crippen LogP contribution is 2.23. The van der Waals surface area contributed by atoms with E-state index in [0.29, 0.717) is 6.42 Å². The quantitative estimate of drug-likeness (QED) is 0.685. The summed E-state index contributed by atoms with van der Waals surface area (Å²) in [4.78, 5) is 23.6. The lowest BCUT2D eigenvalue weighted by Gasteiger charge is -2.18. The third kappa shape index (κ3) is 4.47. The van der Waals surface area contributed by atoms with E-state index >= 15 is 0 Å². The zero-order valence-corrected chi connectivity index (χ0v) is 14.6. The number of nitrogens with one attached hydrogen (secondary N) is 1. The zero-order valence-electron chi connectivity index (χ0n) is 14.6. The highest BCUT2D eigenvalue weighted by atomic mass is 16.4. The van der Waals surface area contributed by atoms with Gasteiger partial charge in [-0.05, 0) is 34.4 Å². The predicted octanol–water partition coefficient (Wildman–Crippen LogP) is 2.84. The van der Waals surface area contributed by atoms with Crippen LogP contribution < -0.4 is 5.32 Å². The Labute approximate surface area is 151 Å². The number of fused-ring (bicyclic) bond motifs is 1. The molecule has 134 valence electrons. The minimum Gasteiger partial charge on any atom is -0.481 e. The van der Waals surface area contributed by atoms with Crippen molar-refractivity contribution in [2.24, 2.45) is 7.05 Å². The first-order valence-corrected chi connectivity index (χ1v) is 8.48. The van der Waals surface area contributed by atoms with Crippen LogP contribution in [0.25, 0.3) is 10.8 Å². The van der Waals surface area contributed by atoms with Crippen LogP contribution in [0.4, 0.5) is 0 Å². The SMILES string of the molecule is Cn1cc(CCC(=O)N[C@@H](CC(=O)O)c2ccc3ccccc3c2)cn1. The summed E-state index contributed by atoms with van der Waals surface area (Å²) in [6.45, 7) is 0. The Kier molecular flexibility index (Phi) is 5.31. The normalized spacial score (nSPS) is 12.0. The maximum Gasteiger partial charge on any atom is 0.305 e. The molecule has 1 atom stereocenters. The molecule has 0 aliphatic heterocycles. The first kappa shape index (κ1) is 17.7. The van der Waals surface area contributed by atoms with E-state index in [4.69, 9.17) is 0 Å². The van der Waals surface area contributed by atoms with Crippen LogP contribution in [0.3, 0.4) is 0 Å². The highest BCUT2D eigenvalue weighted by molar-refractivity contribution is 5.84. The van der Waals surface area contributed by atoms with Crippen molar-refractivity contribution in [3.05, 3.63) is 66.0 Å². The smallest absolute Gasteiger partial charge is 0.305 e. The topological polar surface area (TPSA) is 84.2 Å². The minimum atomic E-state index is -0.948. The predicted molar refractivity (Wildman–Crippen MR) is 98.6 cm³/mol. The monoisotopic (exact) mass is 351 g/mol. The molecule has 6 heteroatoms. The number of rotatable bonds is 7. The fraction of sp³-hybridized carbons (Fsp3) is 0.250. The van der Waals surface area contributed by atoms with Crippen LogP contribution >= 0.6 is 0 Å². The largest absolute Gasteiger partial charge is 0.481 e. The molecule has 0 fully saturated rings. The fourth-order valence-electron chi connectivity index (χ4n) is 2.98. The average Bonchev–Trinajstić information content (AvgIpc) is 3.04. The van der Waals surface area contributed by atoms with Gasteiger partial charge in [-0.3, -0.25) is 14.3 Å². The van der Waals surface area contributed by atoms with Crippen LogP contribution in [-0.2, 0) is 23.1 Å². The summed E-state index contributed by atoms with van der Waals surface area (Å²) in [6, 6.07) is 13.1. The molecule has 3 aromatic rings.